The minimum absolute atomic E-state index is 0.0661. The van der Waals surface area contributed by atoms with Crippen molar-refractivity contribution in [1.29, 1.82) is 0 Å². The van der Waals surface area contributed by atoms with E-state index in [2.05, 4.69) is 10.2 Å². The molecule has 2 saturated heterocycles. The molecule has 1 aromatic heterocycles. The van der Waals surface area contributed by atoms with Crippen molar-refractivity contribution in [3.05, 3.63) is 42.7 Å². The number of likely N-dealkylation sites (tertiary alicyclic amines) is 1. The van der Waals surface area contributed by atoms with E-state index in [4.69, 9.17) is 9.15 Å². The summed E-state index contributed by atoms with van der Waals surface area (Å²) in [6, 6.07) is 12.2. The van der Waals surface area contributed by atoms with Crippen LogP contribution in [0.5, 0.6) is 0 Å². The van der Waals surface area contributed by atoms with E-state index in [0.717, 1.165) is 69.0 Å². The molecule has 5 heteroatoms. The van der Waals surface area contributed by atoms with Crippen molar-refractivity contribution >= 4 is 11.6 Å². The molecule has 2 aliphatic rings. The number of nitrogens with one attached hydrogen (secondary N) is 1. The number of hydrogen-bond acceptors (Lipinski definition) is 4. The molecule has 5 nitrogen and oxygen atoms in total. The standard InChI is InChI=1S/C21H26N2O3/c24-21(17-3-1-11-23(15-17)19-9-13-25-14-10-19)22-18-7-5-16(6-8-18)20-4-2-12-26-20/h2,4-8,12,17,19H,1,3,9-11,13-15H2,(H,22,24)/t17-/m1/s1. The number of rotatable bonds is 4. The van der Waals surface area contributed by atoms with Crippen molar-refractivity contribution < 1.29 is 13.9 Å². The lowest BCUT2D eigenvalue weighted by Gasteiger charge is -2.39. The van der Waals surface area contributed by atoms with Crippen molar-refractivity contribution in [2.75, 3.05) is 31.6 Å². The van der Waals surface area contributed by atoms with Gasteiger partial charge in [0.1, 0.15) is 5.76 Å². The van der Waals surface area contributed by atoms with Crippen LogP contribution < -0.4 is 5.32 Å². The number of carbonyl (C=O) groups is 1. The molecule has 0 saturated carbocycles. The van der Waals surface area contributed by atoms with E-state index in [1.165, 1.54) is 0 Å². The largest absolute Gasteiger partial charge is 0.464 e. The lowest BCUT2D eigenvalue weighted by molar-refractivity contribution is -0.122. The minimum atomic E-state index is 0.0661. The molecule has 3 heterocycles. The summed E-state index contributed by atoms with van der Waals surface area (Å²) in [5, 5.41) is 3.09. The number of amides is 1. The van der Waals surface area contributed by atoms with E-state index < -0.39 is 0 Å². The van der Waals surface area contributed by atoms with Gasteiger partial charge in [-0.15, -0.1) is 0 Å². The van der Waals surface area contributed by atoms with Crippen LogP contribution in [-0.4, -0.2) is 43.2 Å². The summed E-state index contributed by atoms with van der Waals surface area (Å²) < 4.78 is 10.9. The highest BCUT2D eigenvalue weighted by atomic mass is 16.5. The van der Waals surface area contributed by atoms with Gasteiger partial charge >= 0.3 is 0 Å². The van der Waals surface area contributed by atoms with Gasteiger partial charge in [-0.3, -0.25) is 9.69 Å². The van der Waals surface area contributed by atoms with Crippen molar-refractivity contribution in [2.24, 2.45) is 5.92 Å². The fourth-order valence-corrected chi connectivity index (χ4v) is 4.01. The number of piperidine rings is 1. The molecular weight excluding hydrogens is 328 g/mol. The zero-order chi connectivity index (χ0) is 17.8. The highest BCUT2D eigenvalue weighted by Crippen LogP contribution is 2.25. The number of anilines is 1. The van der Waals surface area contributed by atoms with E-state index in [9.17, 15) is 4.79 Å². The highest BCUT2D eigenvalue weighted by molar-refractivity contribution is 5.93. The summed E-state index contributed by atoms with van der Waals surface area (Å²) in [5.74, 6) is 1.03. The Morgan fingerprint density at radius 2 is 1.88 bits per heavy atom. The first kappa shape index (κ1) is 17.3. The molecule has 0 spiro atoms. The predicted molar refractivity (Wildman–Crippen MR) is 101 cm³/mol. The molecule has 1 N–H and O–H groups in total. The van der Waals surface area contributed by atoms with Crippen LogP contribution in [0.1, 0.15) is 25.7 Å². The first-order chi connectivity index (χ1) is 12.8. The molecule has 1 atom stereocenters. The van der Waals surface area contributed by atoms with E-state index in [1.807, 2.05) is 36.4 Å². The second kappa shape index (κ2) is 8.06. The Kier molecular flexibility index (Phi) is 5.37. The van der Waals surface area contributed by atoms with Crippen molar-refractivity contribution in [3.8, 4) is 11.3 Å². The van der Waals surface area contributed by atoms with E-state index in [0.29, 0.717) is 6.04 Å². The smallest absolute Gasteiger partial charge is 0.228 e. The zero-order valence-corrected chi connectivity index (χ0v) is 15.0. The van der Waals surface area contributed by atoms with Crippen LogP contribution in [0, 0.1) is 5.92 Å². The Hall–Kier alpha value is -2.11. The van der Waals surface area contributed by atoms with Crippen LogP contribution >= 0.6 is 0 Å². The lowest BCUT2D eigenvalue weighted by Crippen LogP contribution is -2.47. The summed E-state index contributed by atoms with van der Waals surface area (Å²) >= 11 is 0. The molecule has 2 fully saturated rings. The van der Waals surface area contributed by atoms with Crippen molar-refractivity contribution in [1.82, 2.24) is 4.90 Å². The van der Waals surface area contributed by atoms with Gasteiger partial charge in [-0.25, -0.2) is 0 Å². The topological polar surface area (TPSA) is 54.7 Å². The summed E-state index contributed by atoms with van der Waals surface area (Å²) in [4.78, 5) is 15.2. The van der Waals surface area contributed by atoms with Crippen LogP contribution in [0.2, 0.25) is 0 Å². The molecule has 0 unspecified atom stereocenters. The Morgan fingerprint density at radius 3 is 2.62 bits per heavy atom. The fourth-order valence-electron chi connectivity index (χ4n) is 4.01. The monoisotopic (exact) mass is 354 g/mol. The Balaban J connectivity index is 1.35. The SMILES string of the molecule is O=C(Nc1ccc(-c2ccco2)cc1)[C@@H]1CCCN(C2CCOCC2)C1. The van der Waals surface area contributed by atoms with Crippen LogP contribution in [0.4, 0.5) is 5.69 Å². The predicted octanol–water partition coefficient (Wildman–Crippen LogP) is 3.78. The van der Waals surface area contributed by atoms with Crippen LogP contribution in [0.25, 0.3) is 11.3 Å². The Bertz CT molecular complexity index is 705. The normalized spacial score (nSPS) is 22.2. The van der Waals surface area contributed by atoms with Crippen LogP contribution in [0.3, 0.4) is 0 Å². The van der Waals surface area contributed by atoms with Gasteiger partial charge in [-0.05, 0) is 68.6 Å². The molecule has 26 heavy (non-hydrogen) atoms. The molecule has 0 radical (unpaired) electrons. The van der Waals surface area contributed by atoms with Gasteiger partial charge in [-0.1, -0.05) is 0 Å². The molecule has 0 aliphatic carbocycles. The average molecular weight is 354 g/mol. The van der Waals surface area contributed by atoms with E-state index >= 15 is 0 Å². The van der Waals surface area contributed by atoms with Gasteiger partial charge in [0, 0.05) is 37.1 Å². The Morgan fingerprint density at radius 1 is 1.08 bits per heavy atom. The van der Waals surface area contributed by atoms with Gasteiger partial charge in [0.15, 0.2) is 0 Å². The molecule has 1 amide bonds. The number of ether oxygens (including phenoxy) is 1. The van der Waals surface area contributed by atoms with Crippen LogP contribution in [0.15, 0.2) is 47.1 Å². The van der Waals surface area contributed by atoms with Gasteiger partial charge in [-0.2, -0.15) is 0 Å². The van der Waals surface area contributed by atoms with Crippen molar-refractivity contribution in [3.63, 3.8) is 0 Å². The molecule has 0 bridgehead atoms. The number of carbonyl (C=O) groups excluding carboxylic acids is 1. The molecule has 1 aromatic carbocycles. The van der Waals surface area contributed by atoms with E-state index in [-0.39, 0.29) is 11.8 Å². The third-order valence-corrected chi connectivity index (χ3v) is 5.49. The quantitative estimate of drug-likeness (QED) is 0.908. The van der Waals surface area contributed by atoms with E-state index in [1.54, 1.807) is 6.26 Å². The summed E-state index contributed by atoms with van der Waals surface area (Å²) in [7, 11) is 0. The molecule has 2 aliphatic heterocycles. The van der Waals surface area contributed by atoms with Gasteiger partial charge in [0.25, 0.3) is 0 Å². The lowest BCUT2D eigenvalue weighted by atomic mass is 9.94. The maximum absolute atomic E-state index is 12.7. The summed E-state index contributed by atoms with van der Waals surface area (Å²) in [6.45, 7) is 3.66. The van der Waals surface area contributed by atoms with Gasteiger partial charge < -0.3 is 14.5 Å². The maximum atomic E-state index is 12.7. The minimum Gasteiger partial charge on any atom is -0.464 e. The Labute approximate surface area is 154 Å². The number of nitrogens with zero attached hydrogens (tertiary/aromatic N) is 1. The highest BCUT2D eigenvalue weighted by Gasteiger charge is 2.30. The third kappa shape index (κ3) is 4.00. The number of benzene rings is 1. The van der Waals surface area contributed by atoms with Gasteiger partial charge in [0.05, 0.1) is 12.2 Å². The molecule has 4 rings (SSSR count). The second-order valence-electron chi connectivity index (χ2n) is 7.22. The average Bonchev–Trinajstić information content (AvgIpc) is 3.24. The first-order valence-corrected chi connectivity index (χ1v) is 9.56. The molecule has 138 valence electrons. The third-order valence-electron chi connectivity index (χ3n) is 5.49. The maximum Gasteiger partial charge on any atom is 0.228 e. The van der Waals surface area contributed by atoms with Crippen LogP contribution in [-0.2, 0) is 9.53 Å². The summed E-state index contributed by atoms with van der Waals surface area (Å²) in [5.41, 5.74) is 1.85. The van der Waals surface area contributed by atoms with Gasteiger partial charge in [0.2, 0.25) is 5.91 Å². The summed E-state index contributed by atoms with van der Waals surface area (Å²) in [6.07, 6.45) is 5.90. The molecular formula is C21H26N2O3. The number of furan rings is 1. The first-order valence-electron chi connectivity index (χ1n) is 9.56. The molecule has 2 aromatic rings. The second-order valence-corrected chi connectivity index (χ2v) is 7.22. The fraction of sp³-hybridized carbons (Fsp3) is 0.476. The van der Waals surface area contributed by atoms with Crippen molar-refractivity contribution in [2.45, 2.75) is 31.7 Å². The number of hydrogen-bond donors (Lipinski definition) is 1. The zero-order valence-electron chi connectivity index (χ0n) is 15.0.